The first-order valence-corrected chi connectivity index (χ1v) is 3.65. The molecule has 0 atom stereocenters. The third kappa shape index (κ3) is 3.86. The highest BCUT2D eigenvalue weighted by atomic mass is 35.5. The predicted molar refractivity (Wildman–Crippen MR) is 55.9 cm³/mol. The quantitative estimate of drug-likeness (QED) is 0.590. The van der Waals surface area contributed by atoms with Gasteiger partial charge in [0.15, 0.2) is 0 Å². The van der Waals surface area contributed by atoms with Gasteiger partial charge >= 0.3 is 5.97 Å². The molecule has 6 heteroatoms. The van der Waals surface area contributed by atoms with Gasteiger partial charge < -0.3 is 5.11 Å². The maximum absolute atomic E-state index is 10.3. The molecule has 0 unspecified atom stereocenters. The second-order valence-corrected chi connectivity index (χ2v) is 2.33. The van der Waals surface area contributed by atoms with Crippen LogP contribution in [0.3, 0.4) is 0 Å². The third-order valence-electron chi connectivity index (χ3n) is 1.31. The summed E-state index contributed by atoms with van der Waals surface area (Å²) in [5.41, 5.74) is 2.51. The molecule has 2 N–H and O–H groups in total. The average molecular weight is 216 g/mol. The minimum Gasteiger partial charge on any atom is -0.477 e. The van der Waals surface area contributed by atoms with E-state index in [2.05, 4.69) is 15.5 Å². The van der Waals surface area contributed by atoms with Crippen molar-refractivity contribution in [3.8, 4) is 0 Å². The largest absolute Gasteiger partial charge is 0.477 e. The van der Waals surface area contributed by atoms with E-state index in [0.717, 1.165) is 0 Å². The highest BCUT2D eigenvalue weighted by Gasteiger charge is 2.00. The van der Waals surface area contributed by atoms with Crippen LogP contribution in [0.25, 0.3) is 0 Å². The molecular formula is C8H10ClN3O2. The normalized spacial score (nSPS) is 10.2. The van der Waals surface area contributed by atoms with Crippen molar-refractivity contribution >= 4 is 29.9 Å². The van der Waals surface area contributed by atoms with Crippen molar-refractivity contribution in [1.82, 2.24) is 4.98 Å². The molecule has 0 spiro atoms. The maximum Gasteiger partial charge on any atom is 0.351 e. The van der Waals surface area contributed by atoms with Gasteiger partial charge in [0, 0.05) is 6.20 Å². The summed E-state index contributed by atoms with van der Waals surface area (Å²) in [6.45, 7) is 1.40. The minimum atomic E-state index is -1.05. The van der Waals surface area contributed by atoms with Gasteiger partial charge in [0.2, 0.25) is 0 Å². The van der Waals surface area contributed by atoms with E-state index >= 15 is 0 Å². The molecular weight excluding hydrogens is 206 g/mol. The number of pyridine rings is 1. The molecule has 0 bridgehead atoms. The zero-order valence-corrected chi connectivity index (χ0v) is 8.28. The number of aromatic nitrogens is 1. The van der Waals surface area contributed by atoms with Gasteiger partial charge in [-0.25, -0.2) is 9.78 Å². The molecule has 5 nitrogen and oxygen atoms in total. The molecule has 0 aromatic carbocycles. The lowest BCUT2D eigenvalue weighted by Gasteiger charge is -1.97. The van der Waals surface area contributed by atoms with Crippen molar-refractivity contribution < 1.29 is 9.90 Å². The molecule has 0 saturated carbocycles. The molecule has 1 rings (SSSR count). The summed E-state index contributed by atoms with van der Waals surface area (Å²) in [6.07, 6.45) is 1.59. The molecule has 0 saturated heterocycles. The van der Waals surface area contributed by atoms with Gasteiger partial charge in [0.05, 0.1) is 0 Å². The Hall–Kier alpha value is -1.62. The van der Waals surface area contributed by atoms with E-state index in [1.54, 1.807) is 24.4 Å². The van der Waals surface area contributed by atoms with Crippen molar-refractivity contribution in [3.63, 3.8) is 0 Å². The number of carboxylic acids is 1. The van der Waals surface area contributed by atoms with Gasteiger partial charge in [-0.1, -0.05) is 6.07 Å². The molecule has 76 valence electrons. The number of carbonyl (C=O) groups is 1. The highest BCUT2D eigenvalue weighted by Crippen LogP contribution is 1.98. The van der Waals surface area contributed by atoms with Crippen molar-refractivity contribution in [2.75, 3.05) is 5.43 Å². The van der Waals surface area contributed by atoms with E-state index in [9.17, 15) is 4.79 Å². The Morgan fingerprint density at radius 1 is 1.57 bits per heavy atom. The fraction of sp³-hybridized carbons (Fsp3) is 0.125. The molecule has 0 aliphatic heterocycles. The van der Waals surface area contributed by atoms with Crippen LogP contribution >= 0.6 is 12.4 Å². The smallest absolute Gasteiger partial charge is 0.351 e. The zero-order chi connectivity index (χ0) is 9.68. The molecule has 14 heavy (non-hydrogen) atoms. The molecule has 0 aliphatic rings. The van der Waals surface area contributed by atoms with Crippen molar-refractivity contribution in [2.45, 2.75) is 6.92 Å². The number of anilines is 1. The van der Waals surface area contributed by atoms with Crippen LogP contribution in [-0.4, -0.2) is 21.8 Å². The molecule has 0 amide bonds. The molecule has 1 aromatic rings. The number of carboxylic acid groups (broad SMARTS) is 1. The summed E-state index contributed by atoms with van der Waals surface area (Å²) in [7, 11) is 0. The minimum absolute atomic E-state index is 0. The van der Waals surface area contributed by atoms with Crippen molar-refractivity contribution in [2.24, 2.45) is 5.10 Å². The molecule has 1 heterocycles. The number of halogens is 1. The number of hydrazone groups is 1. The van der Waals surface area contributed by atoms with Crippen LogP contribution in [0, 0.1) is 0 Å². The fourth-order valence-corrected chi connectivity index (χ4v) is 0.618. The van der Waals surface area contributed by atoms with E-state index in [0.29, 0.717) is 5.82 Å². The number of hydrogen-bond donors (Lipinski definition) is 2. The summed E-state index contributed by atoms with van der Waals surface area (Å²) >= 11 is 0. The topological polar surface area (TPSA) is 74.6 Å². The first-order chi connectivity index (χ1) is 6.20. The van der Waals surface area contributed by atoms with Gasteiger partial charge in [0.25, 0.3) is 0 Å². The molecule has 0 fully saturated rings. The summed E-state index contributed by atoms with van der Waals surface area (Å²) in [4.78, 5) is 14.2. The van der Waals surface area contributed by atoms with Crippen LogP contribution in [0.15, 0.2) is 29.5 Å². The summed E-state index contributed by atoms with van der Waals surface area (Å²) in [6, 6.07) is 5.23. The number of nitrogens with one attached hydrogen (secondary N) is 1. The Bertz CT molecular complexity index is 327. The fourth-order valence-electron chi connectivity index (χ4n) is 0.618. The summed E-state index contributed by atoms with van der Waals surface area (Å²) in [5, 5.41) is 12.1. The lowest BCUT2D eigenvalue weighted by molar-refractivity contribution is -0.129. The zero-order valence-electron chi connectivity index (χ0n) is 7.47. The third-order valence-corrected chi connectivity index (χ3v) is 1.31. The highest BCUT2D eigenvalue weighted by molar-refractivity contribution is 6.34. The van der Waals surface area contributed by atoms with E-state index in [1.165, 1.54) is 6.92 Å². The SMILES string of the molecule is C/C(=N\Nc1ccccn1)C(=O)O.Cl. The standard InChI is InChI=1S/C8H9N3O2.ClH/c1-6(8(12)13)10-11-7-4-2-3-5-9-7;/h2-5H,1H3,(H,9,11)(H,12,13);1H/b10-6+;. The number of rotatable bonds is 3. The Kier molecular flexibility index (Phi) is 5.24. The van der Waals surface area contributed by atoms with Crippen LogP contribution in [0.2, 0.25) is 0 Å². The Morgan fingerprint density at radius 3 is 2.79 bits per heavy atom. The van der Waals surface area contributed by atoms with E-state index in [1.807, 2.05) is 0 Å². The van der Waals surface area contributed by atoms with Crippen LogP contribution in [0.4, 0.5) is 5.82 Å². The Labute approximate surface area is 87.3 Å². The first kappa shape index (κ1) is 12.4. The van der Waals surface area contributed by atoms with Crippen LogP contribution in [-0.2, 0) is 4.79 Å². The van der Waals surface area contributed by atoms with Crippen LogP contribution < -0.4 is 5.43 Å². The van der Waals surface area contributed by atoms with E-state index in [-0.39, 0.29) is 18.1 Å². The van der Waals surface area contributed by atoms with Gasteiger partial charge in [-0.15, -0.1) is 12.4 Å². The molecule has 0 radical (unpaired) electrons. The Morgan fingerprint density at radius 2 is 2.29 bits per heavy atom. The van der Waals surface area contributed by atoms with Crippen LogP contribution in [0.5, 0.6) is 0 Å². The van der Waals surface area contributed by atoms with Gasteiger partial charge in [-0.05, 0) is 19.1 Å². The summed E-state index contributed by atoms with van der Waals surface area (Å²) < 4.78 is 0. The molecule has 0 aliphatic carbocycles. The van der Waals surface area contributed by atoms with E-state index < -0.39 is 5.97 Å². The number of hydrogen-bond acceptors (Lipinski definition) is 4. The van der Waals surface area contributed by atoms with Crippen molar-refractivity contribution in [1.29, 1.82) is 0 Å². The van der Waals surface area contributed by atoms with Crippen LogP contribution in [0.1, 0.15) is 6.92 Å². The lowest BCUT2D eigenvalue weighted by Crippen LogP contribution is -2.10. The van der Waals surface area contributed by atoms with Gasteiger partial charge in [-0.2, -0.15) is 5.10 Å². The second-order valence-electron chi connectivity index (χ2n) is 2.33. The monoisotopic (exact) mass is 215 g/mol. The maximum atomic E-state index is 10.3. The van der Waals surface area contributed by atoms with E-state index in [4.69, 9.17) is 5.11 Å². The Balaban J connectivity index is 0.00000169. The lowest BCUT2D eigenvalue weighted by atomic mass is 10.4. The summed E-state index contributed by atoms with van der Waals surface area (Å²) in [5.74, 6) is -0.536. The predicted octanol–water partition coefficient (Wildman–Crippen LogP) is 1.38. The number of nitrogens with zero attached hydrogens (tertiary/aromatic N) is 2. The van der Waals surface area contributed by atoms with Crippen molar-refractivity contribution in [3.05, 3.63) is 24.4 Å². The number of aliphatic carboxylic acids is 1. The van der Waals surface area contributed by atoms with Gasteiger partial charge in [0.1, 0.15) is 11.5 Å². The second kappa shape index (κ2) is 5.93. The molecule has 1 aromatic heterocycles. The first-order valence-electron chi connectivity index (χ1n) is 3.65. The average Bonchev–Trinajstić information content (AvgIpc) is 2.15. The van der Waals surface area contributed by atoms with Gasteiger partial charge in [-0.3, -0.25) is 5.43 Å².